The molecule has 1 atom stereocenters. The van der Waals surface area contributed by atoms with Crippen LogP contribution in [-0.2, 0) is 13.0 Å². The lowest BCUT2D eigenvalue weighted by Gasteiger charge is -2.17. The lowest BCUT2D eigenvalue weighted by atomic mass is 9.92. The number of hydrogen-bond donors (Lipinski definition) is 1. The number of halogens is 1. The highest BCUT2D eigenvalue weighted by Crippen LogP contribution is 2.28. The Bertz CT molecular complexity index is 542. The van der Waals surface area contributed by atoms with E-state index in [2.05, 4.69) is 17.0 Å². The van der Waals surface area contributed by atoms with Gasteiger partial charge in [-0.25, -0.2) is 4.39 Å². The first-order valence-electron chi connectivity index (χ1n) is 6.41. The van der Waals surface area contributed by atoms with E-state index in [1.54, 1.807) is 0 Å². The SMILES string of the molecule is NC1CCCc2cn(Cc3ccc(F)cc3)cc21. The third-order valence-corrected chi connectivity index (χ3v) is 3.64. The number of aryl methyl sites for hydroxylation is 1. The van der Waals surface area contributed by atoms with Crippen molar-refractivity contribution >= 4 is 0 Å². The van der Waals surface area contributed by atoms with Crippen molar-refractivity contribution in [1.82, 2.24) is 4.57 Å². The molecule has 0 aliphatic heterocycles. The van der Waals surface area contributed by atoms with Crippen LogP contribution in [0.2, 0.25) is 0 Å². The van der Waals surface area contributed by atoms with Crippen molar-refractivity contribution < 1.29 is 4.39 Å². The van der Waals surface area contributed by atoms with Gasteiger partial charge in [0.05, 0.1) is 0 Å². The molecule has 3 heteroatoms. The zero-order valence-electron chi connectivity index (χ0n) is 10.3. The van der Waals surface area contributed by atoms with E-state index in [1.807, 2.05) is 12.1 Å². The number of nitrogens with zero attached hydrogens (tertiary/aromatic N) is 1. The molecule has 3 rings (SSSR count). The van der Waals surface area contributed by atoms with Crippen molar-refractivity contribution in [3.8, 4) is 0 Å². The van der Waals surface area contributed by atoms with Gasteiger partial charge in [-0.15, -0.1) is 0 Å². The third-order valence-electron chi connectivity index (χ3n) is 3.64. The Hall–Kier alpha value is -1.61. The second-order valence-corrected chi connectivity index (χ2v) is 5.04. The van der Waals surface area contributed by atoms with Gasteiger partial charge in [0.2, 0.25) is 0 Å². The minimum Gasteiger partial charge on any atom is -0.349 e. The minimum absolute atomic E-state index is 0.184. The summed E-state index contributed by atoms with van der Waals surface area (Å²) < 4.78 is 15.0. The predicted molar refractivity (Wildman–Crippen MR) is 69.8 cm³/mol. The summed E-state index contributed by atoms with van der Waals surface area (Å²) in [6, 6.07) is 6.85. The average molecular weight is 244 g/mol. The van der Waals surface area contributed by atoms with Gasteiger partial charge in [0.15, 0.2) is 0 Å². The number of benzene rings is 1. The standard InChI is InChI=1S/C15H17FN2/c16-13-6-4-11(5-7-13)8-18-9-12-2-1-3-15(17)14(12)10-18/h4-7,9-10,15H,1-3,8,17H2. The third kappa shape index (κ3) is 2.18. The highest BCUT2D eigenvalue weighted by Gasteiger charge is 2.18. The largest absolute Gasteiger partial charge is 0.349 e. The summed E-state index contributed by atoms with van der Waals surface area (Å²) in [5, 5.41) is 0. The molecule has 1 aliphatic rings. The summed E-state index contributed by atoms with van der Waals surface area (Å²) in [5.74, 6) is -0.187. The number of aromatic nitrogens is 1. The fourth-order valence-corrected chi connectivity index (χ4v) is 2.68. The van der Waals surface area contributed by atoms with Crippen LogP contribution in [0.3, 0.4) is 0 Å². The van der Waals surface area contributed by atoms with Crippen LogP contribution in [0, 0.1) is 5.82 Å². The molecule has 0 radical (unpaired) electrons. The van der Waals surface area contributed by atoms with Gasteiger partial charge >= 0.3 is 0 Å². The van der Waals surface area contributed by atoms with Crippen LogP contribution >= 0.6 is 0 Å². The summed E-state index contributed by atoms with van der Waals surface area (Å²) in [6.45, 7) is 0.778. The first-order valence-corrected chi connectivity index (χ1v) is 6.41. The van der Waals surface area contributed by atoms with Gasteiger partial charge in [-0.05, 0) is 48.1 Å². The van der Waals surface area contributed by atoms with Crippen LogP contribution in [0.4, 0.5) is 4.39 Å². The van der Waals surface area contributed by atoms with E-state index in [-0.39, 0.29) is 11.9 Å². The first-order chi connectivity index (χ1) is 8.72. The molecule has 0 saturated heterocycles. The van der Waals surface area contributed by atoms with Gasteiger partial charge in [0.25, 0.3) is 0 Å². The fourth-order valence-electron chi connectivity index (χ4n) is 2.68. The van der Waals surface area contributed by atoms with Crippen LogP contribution in [-0.4, -0.2) is 4.57 Å². The molecule has 1 aromatic carbocycles. The Labute approximate surface area is 106 Å². The Morgan fingerprint density at radius 1 is 1.22 bits per heavy atom. The summed E-state index contributed by atoms with van der Waals surface area (Å²) >= 11 is 0. The molecular formula is C15H17FN2. The maximum absolute atomic E-state index is 12.8. The zero-order chi connectivity index (χ0) is 12.5. The van der Waals surface area contributed by atoms with Crippen LogP contribution in [0.25, 0.3) is 0 Å². The predicted octanol–water partition coefficient (Wildman–Crippen LogP) is 3.01. The van der Waals surface area contributed by atoms with Crippen LogP contribution in [0.5, 0.6) is 0 Å². The van der Waals surface area contributed by atoms with Crippen molar-refractivity contribution in [2.24, 2.45) is 5.73 Å². The molecule has 0 amide bonds. The molecule has 0 bridgehead atoms. The summed E-state index contributed by atoms with van der Waals surface area (Å²) in [6.07, 6.45) is 7.70. The minimum atomic E-state index is -0.187. The smallest absolute Gasteiger partial charge is 0.123 e. The van der Waals surface area contributed by atoms with E-state index in [0.29, 0.717) is 0 Å². The molecule has 0 spiro atoms. The average Bonchev–Trinajstić information content (AvgIpc) is 2.76. The Kier molecular flexibility index (Phi) is 2.92. The van der Waals surface area contributed by atoms with Crippen molar-refractivity contribution in [2.75, 3.05) is 0 Å². The quantitative estimate of drug-likeness (QED) is 0.865. The number of rotatable bonds is 2. The highest BCUT2D eigenvalue weighted by atomic mass is 19.1. The lowest BCUT2D eigenvalue weighted by molar-refractivity contribution is 0.573. The van der Waals surface area contributed by atoms with Gasteiger partial charge in [0, 0.05) is 25.0 Å². The van der Waals surface area contributed by atoms with E-state index >= 15 is 0 Å². The number of nitrogens with two attached hydrogens (primary N) is 1. The molecule has 1 unspecified atom stereocenters. The molecule has 2 N–H and O–H groups in total. The molecule has 1 heterocycles. The number of hydrogen-bond acceptors (Lipinski definition) is 1. The highest BCUT2D eigenvalue weighted by molar-refractivity contribution is 5.30. The van der Waals surface area contributed by atoms with Gasteiger partial charge < -0.3 is 10.3 Å². The molecule has 1 aliphatic carbocycles. The molecular weight excluding hydrogens is 227 g/mol. The maximum atomic E-state index is 12.8. The topological polar surface area (TPSA) is 30.9 Å². The Balaban J connectivity index is 1.83. The van der Waals surface area contributed by atoms with Gasteiger partial charge in [-0.2, -0.15) is 0 Å². The molecule has 1 aromatic heterocycles. The van der Waals surface area contributed by atoms with Crippen LogP contribution in [0.15, 0.2) is 36.7 Å². The summed E-state index contributed by atoms with van der Waals surface area (Å²) in [5.41, 5.74) is 9.87. The number of fused-ring (bicyclic) bond motifs is 1. The fraction of sp³-hybridized carbons (Fsp3) is 0.333. The molecule has 2 nitrogen and oxygen atoms in total. The van der Waals surface area contributed by atoms with E-state index in [0.717, 1.165) is 24.9 Å². The normalized spacial score (nSPS) is 18.7. The van der Waals surface area contributed by atoms with Crippen molar-refractivity contribution in [3.63, 3.8) is 0 Å². The zero-order valence-corrected chi connectivity index (χ0v) is 10.3. The van der Waals surface area contributed by atoms with E-state index < -0.39 is 0 Å². The first kappa shape index (κ1) is 11.5. The summed E-state index contributed by atoms with van der Waals surface area (Å²) in [4.78, 5) is 0. The second-order valence-electron chi connectivity index (χ2n) is 5.04. The summed E-state index contributed by atoms with van der Waals surface area (Å²) in [7, 11) is 0. The van der Waals surface area contributed by atoms with E-state index in [9.17, 15) is 4.39 Å². The maximum Gasteiger partial charge on any atom is 0.123 e. The molecule has 2 aromatic rings. The van der Waals surface area contributed by atoms with Crippen molar-refractivity contribution in [1.29, 1.82) is 0 Å². The molecule has 0 saturated carbocycles. The molecule has 18 heavy (non-hydrogen) atoms. The Morgan fingerprint density at radius 3 is 2.72 bits per heavy atom. The Morgan fingerprint density at radius 2 is 2.00 bits per heavy atom. The molecule has 0 fully saturated rings. The van der Waals surface area contributed by atoms with Gasteiger partial charge in [-0.3, -0.25) is 0 Å². The van der Waals surface area contributed by atoms with Crippen molar-refractivity contribution in [2.45, 2.75) is 31.8 Å². The van der Waals surface area contributed by atoms with Gasteiger partial charge in [-0.1, -0.05) is 12.1 Å². The monoisotopic (exact) mass is 244 g/mol. The lowest BCUT2D eigenvalue weighted by Crippen LogP contribution is -2.15. The second kappa shape index (κ2) is 4.58. The van der Waals surface area contributed by atoms with Crippen LogP contribution < -0.4 is 5.73 Å². The van der Waals surface area contributed by atoms with E-state index in [4.69, 9.17) is 5.73 Å². The van der Waals surface area contributed by atoms with Crippen LogP contribution in [0.1, 0.15) is 35.6 Å². The van der Waals surface area contributed by atoms with Crippen molar-refractivity contribution in [3.05, 3.63) is 59.2 Å². The molecule has 94 valence electrons. The van der Waals surface area contributed by atoms with E-state index in [1.165, 1.54) is 29.7 Å². The van der Waals surface area contributed by atoms with Gasteiger partial charge in [0.1, 0.15) is 5.82 Å².